The van der Waals surface area contributed by atoms with E-state index in [9.17, 15) is 9.90 Å². The molecule has 2 rings (SSSR count). The third-order valence-electron chi connectivity index (χ3n) is 3.56. The van der Waals surface area contributed by atoms with E-state index < -0.39 is 11.9 Å². The van der Waals surface area contributed by atoms with Crippen LogP contribution in [0, 0.1) is 5.92 Å². The highest BCUT2D eigenvalue weighted by atomic mass is 79.9. The fraction of sp³-hybridized carbons (Fsp3) is 0.462. The predicted octanol–water partition coefficient (Wildman–Crippen LogP) is 3.39. The van der Waals surface area contributed by atoms with Crippen LogP contribution in [0.1, 0.15) is 37.2 Å². The van der Waals surface area contributed by atoms with Gasteiger partial charge >= 0.3 is 5.97 Å². The zero-order valence-corrected chi connectivity index (χ0v) is 11.1. The van der Waals surface area contributed by atoms with Crippen LogP contribution in [0.3, 0.4) is 0 Å². The highest BCUT2D eigenvalue weighted by Crippen LogP contribution is 2.40. The molecule has 17 heavy (non-hydrogen) atoms. The number of hydrogen-bond acceptors (Lipinski definition) is 2. The van der Waals surface area contributed by atoms with E-state index in [4.69, 9.17) is 5.73 Å². The van der Waals surface area contributed by atoms with Crippen molar-refractivity contribution in [1.29, 1.82) is 0 Å². The monoisotopic (exact) mass is 297 g/mol. The van der Waals surface area contributed by atoms with Crippen molar-refractivity contribution >= 4 is 27.6 Å². The van der Waals surface area contributed by atoms with E-state index in [1.54, 1.807) is 0 Å². The summed E-state index contributed by atoms with van der Waals surface area (Å²) in [6.07, 6.45) is 4.23. The van der Waals surface area contributed by atoms with Crippen LogP contribution in [0.25, 0.3) is 0 Å². The number of rotatable bonds is 3. The fourth-order valence-electron chi connectivity index (χ4n) is 2.70. The van der Waals surface area contributed by atoms with Crippen LogP contribution < -0.4 is 5.73 Å². The van der Waals surface area contributed by atoms with Gasteiger partial charge in [-0.25, -0.2) is 0 Å². The third kappa shape index (κ3) is 2.46. The lowest BCUT2D eigenvalue weighted by molar-refractivity contribution is -0.140. The van der Waals surface area contributed by atoms with Crippen molar-refractivity contribution in [2.24, 2.45) is 5.92 Å². The zero-order valence-electron chi connectivity index (χ0n) is 9.53. The van der Waals surface area contributed by atoms with Gasteiger partial charge in [0.05, 0.1) is 5.92 Å². The number of hydrogen-bond donors (Lipinski definition) is 2. The number of nitrogen functional groups attached to an aromatic ring is 1. The number of carboxylic acid groups (broad SMARTS) is 1. The van der Waals surface area contributed by atoms with Crippen molar-refractivity contribution in [2.45, 2.75) is 31.6 Å². The van der Waals surface area contributed by atoms with Crippen molar-refractivity contribution in [1.82, 2.24) is 0 Å². The molecular formula is C13H16BrNO2. The zero-order chi connectivity index (χ0) is 12.4. The van der Waals surface area contributed by atoms with Gasteiger partial charge in [-0.3, -0.25) is 4.79 Å². The van der Waals surface area contributed by atoms with Gasteiger partial charge in [-0.15, -0.1) is 0 Å². The number of nitrogens with two attached hydrogens (primary N) is 1. The quantitative estimate of drug-likeness (QED) is 0.841. The van der Waals surface area contributed by atoms with E-state index in [1.165, 1.54) is 0 Å². The minimum Gasteiger partial charge on any atom is -0.481 e. The summed E-state index contributed by atoms with van der Waals surface area (Å²) < 4.78 is 0.777. The second-order valence-electron chi connectivity index (χ2n) is 4.60. The Morgan fingerprint density at radius 2 is 2.06 bits per heavy atom. The SMILES string of the molecule is Nc1c(Br)cccc1C(C(=O)O)C1CCCC1. The summed E-state index contributed by atoms with van der Waals surface area (Å²) in [4.78, 5) is 11.5. The van der Waals surface area contributed by atoms with Gasteiger partial charge in [-0.2, -0.15) is 0 Å². The molecule has 0 aliphatic heterocycles. The first-order valence-corrected chi connectivity index (χ1v) is 6.67. The average molecular weight is 298 g/mol. The number of anilines is 1. The van der Waals surface area contributed by atoms with Crippen LogP contribution in [0.4, 0.5) is 5.69 Å². The Morgan fingerprint density at radius 1 is 1.41 bits per heavy atom. The minimum absolute atomic E-state index is 0.226. The average Bonchev–Trinajstić information content (AvgIpc) is 2.77. The Labute approximate surface area is 109 Å². The van der Waals surface area contributed by atoms with Gasteiger partial charge < -0.3 is 10.8 Å². The number of halogens is 1. The van der Waals surface area contributed by atoms with Crippen molar-refractivity contribution in [3.05, 3.63) is 28.2 Å². The molecule has 0 spiro atoms. The molecule has 1 aromatic rings. The molecule has 4 heteroatoms. The van der Waals surface area contributed by atoms with E-state index in [0.29, 0.717) is 5.69 Å². The smallest absolute Gasteiger partial charge is 0.311 e. The molecule has 3 N–H and O–H groups in total. The van der Waals surface area contributed by atoms with Crippen molar-refractivity contribution in [3.63, 3.8) is 0 Å². The molecule has 1 saturated carbocycles. The fourth-order valence-corrected chi connectivity index (χ4v) is 3.09. The van der Waals surface area contributed by atoms with Gasteiger partial charge in [0, 0.05) is 10.2 Å². The van der Waals surface area contributed by atoms with E-state index in [0.717, 1.165) is 35.7 Å². The molecule has 0 saturated heterocycles. The van der Waals surface area contributed by atoms with Gasteiger partial charge in [0.25, 0.3) is 0 Å². The molecule has 1 aliphatic rings. The van der Waals surface area contributed by atoms with Crippen LogP contribution in [0.5, 0.6) is 0 Å². The Morgan fingerprint density at radius 3 is 2.65 bits per heavy atom. The maximum Gasteiger partial charge on any atom is 0.311 e. The number of carbonyl (C=O) groups is 1. The van der Waals surface area contributed by atoms with E-state index in [-0.39, 0.29) is 5.92 Å². The normalized spacial score (nSPS) is 18.2. The summed E-state index contributed by atoms with van der Waals surface area (Å²) in [5.41, 5.74) is 7.29. The standard InChI is InChI=1S/C13H16BrNO2/c14-10-7-3-6-9(12(10)15)11(13(16)17)8-4-1-2-5-8/h3,6-8,11H,1-2,4-5,15H2,(H,16,17). The van der Waals surface area contributed by atoms with Gasteiger partial charge in [0.1, 0.15) is 0 Å². The lowest BCUT2D eigenvalue weighted by Crippen LogP contribution is -2.21. The first kappa shape index (κ1) is 12.4. The molecule has 0 amide bonds. The van der Waals surface area contributed by atoms with Crippen molar-refractivity contribution in [3.8, 4) is 0 Å². The Balaban J connectivity index is 2.38. The maximum absolute atomic E-state index is 11.5. The Hall–Kier alpha value is -1.03. The first-order chi connectivity index (χ1) is 8.11. The molecule has 92 valence electrons. The molecule has 0 aromatic heterocycles. The highest BCUT2D eigenvalue weighted by molar-refractivity contribution is 9.10. The molecule has 1 fully saturated rings. The summed E-state index contributed by atoms with van der Waals surface area (Å²) in [5.74, 6) is -0.999. The lowest BCUT2D eigenvalue weighted by Gasteiger charge is -2.21. The largest absolute Gasteiger partial charge is 0.481 e. The number of aliphatic carboxylic acids is 1. The topological polar surface area (TPSA) is 63.3 Å². The summed E-state index contributed by atoms with van der Waals surface area (Å²) in [7, 11) is 0. The van der Waals surface area contributed by atoms with Crippen LogP contribution in [0.15, 0.2) is 22.7 Å². The first-order valence-electron chi connectivity index (χ1n) is 5.88. The van der Waals surface area contributed by atoms with Gasteiger partial charge in [0.15, 0.2) is 0 Å². The number of para-hydroxylation sites is 1. The molecular weight excluding hydrogens is 282 g/mol. The number of carboxylic acids is 1. The van der Waals surface area contributed by atoms with Gasteiger partial charge in [-0.1, -0.05) is 25.0 Å². The summed E-state index contributed by atoms with van der Waals surface area (Å²) in [6, 6.07) is 5.52. The molecule has 1 aromatic carbocycles. The summed E-state index contributed by atoms with van der Waals surface area (Å²) in [6.45, 7) is 0. The Bertz CT molecular complexity index is 427. The lowest BCUT2D eigenvalue weighted by atomic mass is 9.84. The van der Waals surface area contributed by atoms with E-state index in [1.807, 2.05) is 18.2 Å². The molecule has 1 unspecified atom stereocenters. The van der Waals surface area contributed by atoms with Crippen LogP contribution >= 0.6 is 15.9 Å². The summed E-state index contributed by atoms with van der Waals surface area (Å²) >= 11 is 3.35. The molecule has 1 aliphatic carbocycles. The second kappa shape index (κ2) is 5.08. The van der Waals surface area contributed by atoms with E-state index >= 15 is 0 Å². The van der Waals surface area contributed by atoms with Crippen LogP contribution in [-0.4, -0.2) is 11.1 Å². The molecule has 1 atom stereocenters. The van der Waals surface area contributed by atoms with Crippen LogP contribution in [0.2, 0.25) is 0 Å². The number of benzene rings is 1. The van der Waals surface area contributed by atoms with Crippen LogP contribution in [-0.2, 0) is 4.79 Å². The predicted molar refractivity (Wildman–Crippen MR) is 70.9 cm³/mol. The van der Waals surface area contributed by atoms with Crippen molar-refractivity contribution < 1.29 is 9.90 Å². The third-order valence-corrected chi connectivity index (χ3v) is 4.25. The maximum atomic E-state index is 11.5. The van der Waals surface area contributed by atoms with Gasteiger partial charge in [-0.05, 0) is 46.3 Å². The second-order valence-corrected chi connectivity index (χ2v) is 5.46. The van der Waals surface area contributed by atoms with Gasteiger partial charge in [0.2, 0.25) is 0 Å². The molecule has 3 nitrogen and oxygen atoms in total. The minimum atomic E-state index is -0.762. The molecule has 0 radical (unpaired) electrons. The molecule has 0 bridgehead atoms. The van der Waals surface area contributed by atoms with Crippen molar-refractivity contribution in [2.75, 3.05) is 5.73 Å². The molecule has 0 heterocycles. The summed E-state index contributed by atoms with van der Waals surface area (Å²) in [5, 5.41) is 9.43. The van der Waals surface area contributed by atoms with E-state index in [2.05, 4.69) is 15.9 Å². The Kier molecular flexibility index (Phi) is 3.72. The highest BCUT2D eigenvalue weighted by Gasteiger charge is 2.33.